The summed E-state index contributed by atoms with van der Waals surface area (Å²) in [4.78, 5) is 11.9. The standard InChI is InChI=1S/C41H82O11/c1-3-5-7-9-10-11-12-13-14-15-16-17-19-21-41(42)52-40-39-51-38-37-50-36-35-49-34-33-48-32-31-47-30-29-46-28-27-45-26-25-44-24-23-43-22-20-18-8-6-4-2/h3-40H2,1-2H3. The fraction of sp³-hybridized carbons (Fsp3) is 0.976. The van der Waals surface area contributed by atoms with Crippen molar-refractivity contribution in [3.63, 3.8) is 0 Å². The molecule has 0 bridgehead atoms. The molecule has 0 aromatic heterocycles. The zero-order valence-electron chi connectivity index (χ0n) is 33.9. The van der Waals surface area contributed by atoms with E-state index in [4.69, 9.17) is 47.4 Å². The highest BCUT2D eigenvalue weighted by Crippen LogP contribution is 2.13. The van der Waals surface area contributed by atoms with Gasteiger partial charge in [-0.3, -0.25) is 4.79 Å². The lowest BCUT2D eigenvalue weighted by molar-refractivity contribution is -0.145. The normalized spacial score (nSPS) is 11.5. The lowest BCUT2D eigenvalue weighted by atomic mass is 10.0. The van der Waals surface area contributed by atoms with E-state index in [1.54, 1.807) is 0 Å². The van der Waals surface area contributed by atoms with E-state index in [-0.39, 0.29) is 5.97 Å². The summed E-state index contributed by atoms with van der Waals surface area (Å²) in [6, 6.07) is 0. The van der Waals surface area contributed by atoms with Crippen molar-refractivity contribution in [2.24, 2.45) is 0 Å². The van der Waals surface area contributed by atoms with Crippen LogP contribution in [0.2, 0.25) is 0 Å². The predicted octanol–water partition coefficient (Wildman–Crippen LogP) is 8.13. The Hall–Kier alpha value is -0.890. The summed E-state index contributed by atoms with van der Waals surface area (Å²) < 4.78 is 54.8. The molecule has 0 aromatic rings. The Labute approximate surface area is 319 Å². The van der Waals surface area contributed by atoms with Crippen molar-refractivity contribution in [2.75, 3.05) is 126 Å². The van der Waals surface area contributed by atoms with E-state index in [0.29, 0.717) is 125 Å². The van der Waals surface area contributed by atoms with Gasteiger partial charge in [0.2, 0.25) is 0 Å². The van der Waals surface area contributed by atoms with Gasteiger partial charge in [-0.15, -0.1) is 0 Å². The highest BCUT2D eigenvalue weighted by atomic mass is 16.6. The smallest absolute Gasteiger partial charge is 0.305 e. The van der Waals surface area contributed by atoms with Crippen LogP contribution in [0.3, 0.4) is 0 Å². The minimum Gasteiger partial charge on any atom is -0.463 e. The molecule has 0 aromatic carbocycles. The second kappa shape index (κ2) is 48.1. The maximum Gasteiger partial charge on any atom is 0.305 e. The SMILES string of the molecule is CCCCCCCCCCCCCCCC(=O)OCCOCCOCCOCCOCCOCCOCCOCCOCCOCCCCCCC. The van der Waals surface area contributed by atoms with Crippen LogP contribution in [0.25, 0.3) is 0 Å². The third-order valence-corrected chi connectivity index (χ3v) is 8.34. The Kier molecular flexibility index (Phi) is 47.3. The van der Waals surface area contributed by atoms with Crippen molar-refractivity contribution < 1.29 is 52.2 Å². The molecule has 0 saturated heterocycles. The largest absolute Gasteiger partial charge is 0.463 e. The number of carbonyl (C=O) groups is 1. The van der Waals surface area contributed by atoms with E-state index in [9.17, 15) is 4.79 Å². The topological polar surface area (TPSA) is 109 Å². The van der Waals surface area contributed by atoms with Gasteiger partial charge in [0.05, 0.1) is 112 Å². The molecule has 0 aliphatic rings. The Morgan fingerprint density at radius 1 is 0.269 bits per heavy atom. The molecule has 0 rings (SSSR count). The van der Waals surface area contributed by atoms with E-state index in [1.165, 1.54) is 96.3 Å². The lowest BCUT2D eigenvalue weighted by Gasteiger charge is -2.09. The molecule has 0 fully saturated rings. The van der Waals surface area contributed by atoms with Gasteiger partial charge in [-0.2, -0.15) is 0 Å². The fourth-order valence-corrected chi connectivity index (χ4v) is 5.24. The average Bonchev–Trinajstić information content (AvgIpc) is 3.15. The van der Waals surface area contributed by atoms with Crippen molar-refractivity contribution in [1.82, 2.24) is 0 Å². The molecular formula is C41H82O11. The van der Waals surface area contributed by atoms with Crippen LogP contribution in [0.4, 0.5) is 0 Å². The highest BCUT2D eigenvalue weighted by molar-refractivity contribution is 5.69. The van der Waals surface area contributed by atoms with Gasteiger partial charge in [-0.1, -0.05) is 117 Å². The van der Waals surface area contributed by atoms with E-state index in [1.807, 2.05) is 0 Å². The molecule has 0 amide bonds. The van der Waals surface area contributed by atoms with Crippen LogP contribution in [-0.4, -0.2) is 132 Å². The Morgan fingerprint density at radius 3 is 0.808 bits per heavy atom. The molecule has 0 N–H and O–H groups in total. The molecule has 11 heteroatoms. The minimum atomic E-state index is -0.128. The zero-order chi connectivity index (χ0) is 37.5. The first kappa shape index (κ1) is 51.1. The molecule has 0 spiro atoms. The minimum absolute atomic E-state index is 0.128. The van der Waals surface area contributed by atoms with Gasteiger partial charge in [0.15, 0.2) is 0 Å². The molecule has 0 aliphatic carbocycles. The summed E-state index contributed by atoms with van der Waals surface area (Å²) in [6.45, 7) is 14.5. The number of unbranched alkanes of at least 4 members (excludes halogenated alkanes) is 16. The number of carbonyl (C=O) groups excluding carboxylic acids is 1. The second-order valence-corrected chi connectivity index (χ2v) is 13.1. The zero-order valence-corrected chi connectivity index (χ0v) is 33.9. The molecule has 0 heterocycles. The summed E-state index contributed by atoms with van der Waals surface area (Å²) in [5.41, 5.74) is 0. The van der Waals surface area contributed by atoms with Crippen molar-refractivity contribution in [1.29, 1.82) is 0 Å². The highest BCUT2D eigenvalue weighted by Gasteiger charge is 2.03. The van der Waals surface area contributed by atoms with Crippen molar-refractivity contribution in [3.05, 3.63) is 0 Å². The van der Waals surface area contributed by atoms with E-state index in [2.05, 4.69) is 13.8 Å². The molecular weight excluding hydrogens is 668 g/mol. The summed E-state index contributed by atoms with van der Waals surface area (Å²) in [5.74, 6) is -0.128. The van der Waals surface area contributed by atoms with Gasteiger partial charge in [0.1, 0.15) is 6.61 Å². The van der Waals surface area contributed by atoms with Crippen molar-refractivity contribution >= 4 is 5.97 Å². The first-order valence-electron chi connectivity index (χ1n) is 21.2. The number of hydrogen-bond acceptors (Lipinski definition) is 11. The van der Waals surface area contributed by atoms with Crippen LogP contribution >= 0.6 is 0 Å². The predicted molar refractivity (Wildman–Crippen MR) is 207 cm³/mol. The van der Waals surface area contributed by atoms with Crippen LogP contribution < -0.4 is 0 Å². The fourth-order valence-electron chi connectivity index (χ4n) is 5.24. The Morgan fingerprint density at radius 2 is 0.500 bits per heavy atom. The maximum atomic E-state index is 11.9. The van der Waals surface area contributed by atoms with Crippen LogP contribution in [0, 0.1) is 0 Å². The van der Waals surface area contributed by atoms with E-state index < -0.39 is 0 Å². The summed E-state index contributed by atoms with van der Waals surface area (Å²) >= 11 is 0. The Balaban J connectivity index is 3.12. The summed E-state index contributed by atoms with van der Waals surface area (Å²) in [6.07, 6.45) is 23.6. The van der Waals surface area contributed by atoms with E-state index >= 15 is 0 Å². The Bertz CT molecular complexity index is 656. The summed E-state index contributed by atoms with van der Waals surface area (Å²) in [5, 5.41) is 0. The quantitative estimate of drug-likeness (QED) is 0.0444. The molecule has 312 valence electrons. The lowest BCUT2D eigenvalue weighted by Crippen LogP contribution is -2.15. The van der Waals surface area contributed by atoms with Gasteiger partial charge < -0.3 is 47.4 Å². The van der Waals surface area contributed by atoms with Crippen LogP contribution in [-0.2, 0) is 52.2 Å². The van der Waals surface area contributed by atoms with Crippen LogP contribution in [0.5, 0.6) is 0 Å². The average molecular weight is 751 g/mol. The third-order valence-electron chi connectivity index (χ3n) is 8.34. The number of esters is 1. The van der Waals surface area contributed by atoms with Crippen LogP contribution in [0.15, 0.2) is 0 Å². The van der Waals surface area contributed by atoms with Gasteiger partial charge in [0.25, 0.3) is 0 Å². The van der Waals surface area contributed by atoms with Gasteiger partial charge in [0, 0.05) is 13.0 Å². The second-order valence-electron chi connectivity index (χ2n) is 13.1. The number of hydrogen-bond donors (Lipinski definition) is 0. The monoisotopic (exact) mass is 751 g/mol. The molecule has 0 saturated carbocycles. The molecule has 0 radical (unpaired) electrons. The molecule has 52 heavy (non-hydrogen) atoms. The van der Waals surface area contributed by atoms with Gasteiger partial charge >= 0.3 is 5.97 Å². The molecule has 0 unspecified atom stereocenters. The summed E-state index contributed by atoms with van der Waals surface area (Å²) in [7, 11) is 0. The van der Waals surface area contributed by atoms with Gasteiger partial charge in [-0.05, 0) is 12.8 Å². The first-order valence-corrected chi connectivity index (χ1v) is 21.2. The maximum absolute atomic E-state index is 11.9. The molecule has 0 atom stereocenters. The van der Waals surface area contributed by atoms with Crippen LogP contribution in [0.1, 0.15) is 136 Å². The number of rotatable bonds is 47. The third kappa shape index (κ3) is 47.1. The van der Waals surface area contributed by atoms with Crippen molar-refractivity contribution in [3.8, 4) is 0 Å². The number of ether oxygens (including phenoxy) is 10. The van der Waals surface area contributed by atoms with Crippen molar-refractivity contribution in [2.45, 2.75) is 136 Å². The molecule has 11 nitrogen and oxygen atoms in total. The van der Waals surface area contributed by atoms with E-state index in [0.717, 1.165) is 25.9 Å². The van der Waals surface area contributed by atoms with Gasteiger partial charge in [-0.25, -0.2) is 0 Å². The first-order chi connectivity index (χ1) is 25.8. The molecule has 0 aliphatic heterocycles.